The van der Waals surface area contributed by atoms with Gasteiger partial charge in [0.15, 0.2) is 0 Å². The largest absolute Gasteiger partial charge is 0.399 e. The summed E-state index contributed by atoms with van der Waals surface area (Å²) in [5.41, 5.74) is 8.19. The van der Waals surface area contributed by atoms with E-state index in [0.29, 0.717) is 28.3 Å². The molecule has 0 fully saturated rings. The van der Waals surface area contributed by atoms with Gasteiger partial charge in [-0.25, -0.2) is 4.39 Å². The first kappa shape index (κ1) is 15.6. The third-order valence-corrected chi connectivity index (χ3v) is 3.45. The number of hydrogen-bond acceptors (Lipinski definition) is 3. The molecule has 0 aromatic heterocycles. The third kappa shape index (κ3) is 3.70. The van der Waals surface area contributed by atoms with E-state index in [1.807, 2.05) is 18.2 Å². The standard InChI is InChI=1S/C19H16FN3O/c20-17-12-14(21)6-11-18(17)22-15-7-9-16(10-8-15)23-19(24)13-4-2-1-3-5-13/h1-12,22H,21H2,(H,23,24). The SMILES string of the molecule is Nc1ccc(Nc2ccc(NC(=O)c3ccccc3)cc2)c(F)c1. The Bertz CT molecular complexity index is 848. The second kappa shape index (κ2) is 6.83. The Morgan fingerprint density at radius 3 is 2.21 bits per heavy atom. The molecular weight excluding hydrogens is 305 g/mol. The zero-order valence-electron chi connectivity index (χ0n) is 12.8. The summed E-state index contributed by atoms with van der Waals surface area (Å²) in [6, 6.07) is 20.4. The summed E-state index contributed by atoms with van der Waals surface area (Å²) < 4.78 is 13.8. The van der Waals surface area contributed by atoms with E-state index < -0.39 is 5.82 Å². The van der Waals surface area contributed by atoms with Crippen molar-refractivity contribution < 1.29 is 9.18 Å². The van der Waals surface area contributed by atoms with E-state index in [1.165, 1.54) is 6.07 Å². The Morgan fingerprint density at radius 1 is 0.875 bits per heavy atom. The van der Waals surface area contributed by atoms with E-state index in [2.05, 4.69) is 10.6 Å². The van der Waals surface area contributed by atoms with Crippen molar-refractivity contribution in [1.82, 2.24) is 0 Å². The number of hydrogen-bond donors (Lipinski definition) is 3. The highest BCUT2D eigenvalue weighted by molar-refractivity contribution is 6.04. The molecule has 24 heavy (non-hydrogen) atoms. The molecule has 0 bridgehead atoms. The van der Waals surface area contributed by atoms with E-state index in [0.717, 1.165) is 0 Å². The van der Waals surface area contributed by atoms with Crippen LogP contribution in [0.3, 0.4) is 0 Å². The van der Waals surface area contributed by atoms with Gasteiger partial charge in [0.1, 0.15) is 5.82 Å². The Kier molecular flexibility index (Phi) is 4.43. The van der Waals surface area contributed by atoms with Crippen molar-refractivity contribution in [2.24, 2.45) is 0 Å². The number of carbonyl (C=O) groups excluding carboxylic acids is 1. The average molecular weight is 321 g/mol. The predicted octanol–water partition coefficient (Wildman–Crippen LogP) is 4.40. The average Bonchev–Trinajstić information content (AvgIpc) is 2.60. The molecule has 0 aliphatic heterocycles. The fourth-order valence-electron chi connectivity index (χ4n) is 2.22. The second-order valence-electron chi connectivity index (χ2n) is 5.26. The van der Waals surface area contributed by atoms with Crippen molar-refractivity contribution in [2.45, 2.75) is 0 Å². The van der Waals surface area contributed by atoms with Crippen LogP contribution in [0.15, 0.2) is 72.8 Å². The van der Waals surface area contributed by atoms with Gasteiger partial charge in [0, 0.05) is 22.6 Å². The molecule has 3 rings (SSSR count). The van der Waals surface area contributed by atoms with E-state index in [9.17, 15) is 9.18 Å². The molecule has 0 saturated carbocycles. The Morgan fingerprint density at radius 2 is 1.54 bits per heavy atom. The summed E-state index contributed by atoms with van der Waals surface area (Å²) in [4.78, 5) is 12.1. The number of nitrogen functional groups attached to an aromatic ring is 1. The van der Waals surface area contributed by atoms with Crippen LogP contribution in [0, 0.1) is 5.82 Å². The number of nitrogens with one attached hydrogen (secondary N) is 2. The van der Waals surface area contributed by atoms with Crippen molar-refractivity contribution in [1.29, 1.82) is 0 Å². The third-order valence-electron chi connectivity index (χ3n) is 3.45. The Hall–Kier alpha value is -3.34. The fourth-order valence-corrected chi connectivity index (χ4v) is 2.22. The molecule has 0 aliphatic carbocycles. The molecule has 0 unspecified atom stereocenters. The molecule has 0 saturated heterocycles. The summed E-state index contributed by atoms with van der Waals surface area (Å²) in [6.45, 7) is 0. The maximum Gasteiger partial charge on any atom is 0.255 e. The highest BCUT2D eigenvalue weighted by atomic mass is 19.1. The van der Waals surface area contributed by atoms with Gasteiger partial charge in [-0.3, -0.25) is 4.79 Å². The van der Waals surface area contributed by atoms with Gasteiger partial charge in [0.2, 0.25) is 0 Å². The monoisotopic (exact) mass is 321 g/mol. The number of amides is 1. The van der Waals surface area contributed by atoms with Crippen molar-refractivity contribution in [3.05, 3.63) is 84.2 Å². The normalized spacial score (nSPS) is 10.2. The predicted molar refractivity (Wildman–Crippen MR) is 94.9 cm³/mol. The number of halogens is 1. The van der Waals surface area contributed by atoms with Crippen LogP contribution in [0.5, 0.6) is 0 Å². The van der Waals surface area contributed by atoms with Gasteiger partial charge in [-0.1, -0.05) is 18.2 Å². The molecular formula is C19H16FN3O. The highest BCUT2D eigenvalue weighted by Crippen LogP contribution is 2.23. The minimum Gasteiger partial charge on any atom is -0.399 e. The van der Waals surface area contributed by atoms with Gasteiger partial charge in [0.25, 0.3) is 5.91 Å². The number of benzene rings is 3. The summed E-state index contributed by atoms with van der Waals surface area (Å²) in [6.07, 6.45) is 0. The first-order chi connectivity index (χ1) is 11.6. The van der Waals surface area contributed by atoms with Crippen LogP contribution in [0.1, 0.15) is 10.4 Å². The quantitative estimate of drug-likeness (QED) is 0.624. The molecule has 0 radical (unpaired) electrons. The molecule has 3 aromatic carbocycles. The highest BCUT2D eigenvalue weighted by Gasteiger charge is 2.06. The molecule has 0 heterocycles. The van der Waals surface area contributed by atoms with Crippen LogP contribution in [0.2, 0.25) is 0 Å². The lowest BCUT2D eigenvalue weighted by Crippen LogP contribution is -2.11. The lowest BCUT2D eigenvalue weighted by molar-refractivity contribution is 0.102. The van der Waals surface area contributed by atoms with Crippen LogP contribution in [0.4, 0.5) is 27.1 Å². The lowest BCUT2D eigenvalue weighted by Gasteiger charge is -2.10. The van der Waals surface area contributed by atoms with E-state index in [1.54, 1.807) is 48.5 Å². The number of carbonyl (C=O) groups is 1. The maximum atomic E-state index is 13.8. The maximum absolute atomic E-state index is 13.8. The topological polar surface area (TPSA) is 67.2 Å². The Balaban J connectivity index is 1.68. The molecule has 0 spiro atoms. The van der Waals surface area contributed by atoms with Gasteiger partial charge in [-0.2, -0.15) is 0 Å². The van der Waals surface area contributed by atoms with E-state index in [4.69, 9.17) is 5.73 Å². The minimum atomic E-state index is -0.420. The summed E-state index contributed by atoms with van der Waals surface area (Å²) in [7, 11) is 0. The molecule has 5 heteroatoms. The van der Waals surface area contributed by atoms with Gasteiger partial charge in [-0.15, -0.1) is 0 Å². The van der Waals surface area contributed by atoms with Gasteiger partial charge in [0.05, 0.1) is 5.69 Å². The van der Waals surface area contributed by atoms with E-state index in [-0.39, 0.29) is 5.91 Å². The van der Waals surface area contributed by atoms with Crippen molar-refractivity contribution in [3.63, 3.8) is 0 Å². The lowest BCUT2D eigenvalue weighted by atomic mass is 10.2. The van der Waals surface area contributed by atoms with Crippen molar-refractivity contribution >= 4 is 28.7 Å². The van der Waals surface area contributed by atoms with Gasteiger partial charge < -0.3 is 16.4 Å². The minimum absolute atomic E-state index is 0.180. The number of nitrogens with two attached hydrogens (primary N) is 1. The first-order valence-corrected chi connectivity index (χ1v) is 7.40. The second-order valence-corrected chi connectivity index (χ2v) is 5.26. The van der Waals surface area contributed by atoms with Crippen LogP contribution < -0.4 is 16.4 Å². The van der Waals surface area contributed by atoms with Crippen LogP contribution >= 0.6 is 0 Å². The van der Waals surface area contributed by atoms with Crippen molar-refractivity contribution in [3.8, 4) is 0 Å². The summed E-state index contributed by atoms with van der Waals surface area (Å²) >= 11 is 0. The smallest absolute Gasteiger partial charge is 0.255 e. The fraction of sp³-hybridized carbons (Fsp3) is 0. The van der Waals surface area contributed by atoms with Crippen LogP contribution in [0.25, 0.3) is 0 Å². The summed E-state index contributed by atoms with van der Waals surface area (Å²) in [5.74, 6) is -0.600. The molecule has 3 aromatic rings. The van der Waals surface area contributed by atoms with Crippen molar-refractivity contribution in [2.75, 3.05) is 16.4 Å². The van der Waals surface area contributed by atoms with Gasteiger partial charge in [-0.05, 0) is 54.6 Å². The zero-order valence-corrected chi connectivity index (χ0v) is 12.8. The summed E-state index contributed by atoms with van der Waals surface area (Å²) in [5, 5.41) is 5.78. The molecule has 4 nitrogen and oxygen atoms in total. The van der Waals surface area contributed by atoms with E-state index >= 15 is 0 Å². The Labute approximate surface area is 139 Å². The zero-order chi connectivity index (χ0) is 16.9. The molecule has 0 atom stereocenters. The van der Waals surface area contributed by atoms with Gasteiger partial charge >= 0.3 is 0 Å². The molecule has 1 amide bonds. The molecule has 0 aliphatic rings. The molecule has 120 valence electrons. The van der Waals surface area contributed by atoms with Crippen LogP contribution in [-0.2, 0) is 0 Å². The van der Waals surface area contributed by atoms with Crippen LogP contribution in [-0.4, -0.2) is 5.91 Å². The first-order valence-electron chi connectivity index (χ1n) is 7.40. The number of anilines is 4. The molecule has 4 N–H and O–H groups in total. The number of rotatable bonds is 4.